The van der Waals surface area contributed by atoms with Crippen LogP contribution in [0.25, 0.3) is 10.2 Å². The fourth-order valence-electron chi connectivity index (χ4n) is 3.90. The molecule has 1 aromatic heterocycles. The first-order chi connectivity index (χ1) is 14.7. The van der Waals surface area contributed by atoms with Gasteiger partial charge in [0.05, 0.1) is 23.2 Å². The molecule has 1 saturated heterocycles. The molecule has 0 bridgehead atoms. The minimum Gasteiger partial charge on any atom is -0.497 e. The number of anilines is 1. The maximum atomic E-state index is 12.8. The van der Waals surface area contributed by atoms with E-state index in [9.17, 15) is 4.79 Å². The fourth-order valence-corrected chi connectivity index (χ4v) is 4.93. The number of methoxy groups -OCH3 is 1. The standard InChI is InChI=1S/C22H23N3O4S/c1-27-16-5-6-17-20(10-16)30-22(24-17)25-8-2-3-15(12-25)21(26)23-11-14-4-7-18-19(9-14)29-13-28-18/h4-7,9-10,15H,2-3,8,11-13H2,1H3,(H,23,26). The number of nitrogens with zero attached hydrogens (tertiary/aromatic N) is 2. The van der Waals surface area contributed by atoms with E-state index in [0.717, 1.165) is 57.5 Å². The van der Waals surface area contributed by atoms with Crippen LogP contribution in [0, 0.1) is 5.92 Å². The summed E-state index contributed by atoms with van der Waals surface area (Å²) in [6.07, 6.45) is 1.86. The SMILES string of the molecule is COc1ccc2nc(N3CCCC(C(=O)NCc4ccc5c(c4)OCO5)C3)sc2c1. The smallest absolute Gasteiger partial charge is 0.231 e. The van der Waals surface area contributed by atoms with E-state index in [1.165, 1.54) is 0 Å². The van der Waals surface area contributed by atoms with E-state index in [0.29, 0.717) is 13.1 Å². The van der Waals surface area contributed by atoms with Crippen LogP contribution in [0.15, 0.2) is 36.4 Å². The number of thiazole rings is 1. The van der Waals surface area contributed by atoms with Gasteiger partial charge in [0, 0.05) is 19.6 Å². The molecule has 30 heavy (non-hydrogen) atoms. The molecule has 1 fully saturated rings. The lowest BCUT2D eigenvalue weighted by Gasteiger charge is -2.31. The summed E-state index contributed by atoms with van der Waals surface area (Å²) in [7, 11) is 1.67. The van der Waals surface area contributed by atoms with Gasteiger partial charge < -0.3 is 24.4 Å². The molecule has 156 valence electrons. The van der Waals surface area contributed by atoms with Gasteiger partial charge in [0.2, 0.25) is 12.7 Å². The van der Waals surface area contributed by atoms with Gasteiger partial charge in [0.15, 0.2) is 16.6 Å². The lowest BCUT2D eigenvalue weighted by molar-refractivity contribution is -0.125. The van der Waals surface area contributed by atoms with Crippen LogP contribution in [0.4, 0.5) is 5.13 Å². The van der Waals surface area contributed by atoms with Crippen molar-refractivity contribution < 1.29 is 19.0 Å². The van der Waals surface area contributed by atoms with Crippen molar-refractivity contribution >= 4 is 32.6 Å². The Kier molecular flexibility index (Phi) is 5.08. The van der Waals surface area contributed by atoms with Crippen LogP contribution < -0.4 is 24.4 Å². The second kappa shape index (κ2) is 8.02. The van der Waals surface area contributed by atoms with E-state index in [2.05, 4.69) is 10.2 Å². The first-order valence-corrected chi connectivity index (χ1v) is 10.9. The van der Waals surface area contributed by atoms with Gasteiger partial charge in [0.1, 0.15) is 5.75 Å². The molecule has 0 aliphatic carbocycles. The number of aromatic nitrogens is 1. The summed E-state index contributed by atoms with van der Waals surface area (Å²) in [5.41, 5.74) is 1.96. The largest absolute Gasteiger partial charge is 0.497 e. The van der Waals surface area contributed by atoms with Gasteiger partial charge in [0.25, 0.3) is 0 Å². The number of hydrogen-bond donors (Lipinski definition) is 1. The van der Waals surface area contributed by atoms with Crippen molar-refractivity contribution in [2.75, 3.05) is 31.9 Å². The zero-order chi connectivity index (χ0) is 20.5. The van der Waals surface area contributed by atoms with Gasteiger partial charge in [-0.15, -0.1) is 0 Å². The zero-order valence-electron chi connectivity index (χ0n) is 16.7. The summed E-state index contributed by atoms with van der Waals surface area (Å²) in [4.78, 5) is 19.8. The average molecular weight is 426 g/mol. The van der Waals surface area contributed by atoms with Gasteiger partial charge in [-0.1, -0.05) is 17.4 Å². The average Bonchev–Trinajstić information content (AvgIpc) is 3.43. The Morgan fingerprint density at radius 1 is 1.27 bits per heavy atom. The Bertz CT molecular complexity index is 1080. The van der Waals surface area contributed by atoms with Gasteiger partial charge in [-0.05, 0) is 48.7 Å². The van der Waals surface area contributed by atoms with Gasteiger partial charge >= 0.3 is 0 Å². The van der Waals surface area contributed by atoms with Crippen LogP contribution in [0.3, 0.4) is 0 Å². The lowest BCUT2D eigenvalue weighted by atomic mass is 9.97. The van der Waals surface area contributed by atoms with E-state index < -0.39 is 0 Å². The number of benzene rings is 2. The molecule has 0 radical (unpaired) electrons. The number of ether oxygens (including phenoxy) is 3. The van der Waals surface area contributed by atoms with Crippen LogP contribution in [-0.2, 0) is 11.3 Å². The van der Waals surface area contributed by atoms with Gasteiger partial charge in [-0.25, -0.2) is 4.98 Å². The molecule has 7 nitrogen and oxygen atoms in total. The van der Waals surface area contributed by atoms with Crippen molar-refractivity contribution in [2.45, 2.75) is 19.4 Å². The molecular weight excluding hydrogens is 402 g/mol. The number of piperidine rings is 1. The summed E-state index contributed by atoms with van der Waals surface area (Å²) in [5, 5.41) is 4.04. The minimum atomic E-state index is -0.0469. The topological polar surface area (TPSA) is 72.9 Å². The second-order valence-corrected chi connectivity index (χ2v) is 8.53. The maximum absolute atomic E-state index is 12.8. The van der Waals surface area contributed by atoms with Crippen LogP contribution in [0.2, 0.25) is 0 Å². The first kappa shape index (κ1) is 19.0. The van der Waals surface area contributed by atoms with E-state index in [1.54, 1.807) is 18.4 Å². The number of nitrogens with one attached hydrogen (secondary N) is 1. The van der Waals surface area contributed by atoms with E-state index >= 15 is 0 Å². The molecular formula is C22H23N3O4S. The van der Waals surface area contributed by atoms with Crippen molar-refractivity contribution in [3.05, 3.63) is 42.0 Å². The summed E-state index contributed by atoms with van der Waals surface area (Å²) in [5.74, 6) is 2.35. The van der Waals surface area contributed by atoms with Crippen molar-refractivity contribution in [1.82, 2.24) is 10.3 Å². The normalized spacial score (nSPS) is 17.9. The van der Waals surface area contributed by atoms with Crippen molar-refractivity contribution in [2.24, 2.45) is 5.92 Å². The number of carbonyl (C=O) groups is 1. The fraction of sp³-hybridized carbons (Fsp3) is 0.364. The van der Waals surface area contributed by atoms with Gasteiger partial charge in [-0.3, -0.25) is 4.79 Å². The number of rotatable bonds is 5. The van der Waals surface area contributed by atoms with Gasteiger partial charge in [-0.2, -0.15) is 0 Å². The molecule has 2 aliphatic rings. The van der Waals surface area contributed by atoms with Crippen LogP contribution in [0.1, 0.15) is 18.4 Å². The van der Waals surface area contributed by atoms with Crippen molar-refractivity contribution in [3.63, 3.8) is 0 Å². The second-order valence-electron chi connectivity index (χ2n) is 7.52. The van der Waals surface area contributed by atoms with E-state index in [-0.39, 0.29) is 18.6 Å². The first-order valence-electron chi connectivity index (χ1n) is 10.1. The molecule has 0 saturated carbocycles. The summed E-state index contributed by atoms with van der Waals surface area (Å²) in [6, 6.07) is 11.7. The van der Waals surface area contributed by atoms with Crippen molar-refractivity contribution in [3.8, 4) is 17.2 Å². The molecule has 1 amide bonds. The Morgan fingerprint density at radius 3 is 3.07 bits per heavy atom. The number of carbonyl (C=O) groups excluding carboxylic acids is 1. The Morgan fingerprint density at radius 2 is 2.17 bits per heavy atom. The van der Waals surface area contributed by atoms with E-state index in [1.807, 2.05) is 36.4 Å². The van der Waals surface area contributed by atoms with Crippen LogP contribution in [0.5, 0.6) is 17.2 Å². The molecule has 1 unspecified atom stereocenters. The Hall–Kier alpha value is -3.00. The highest BCUT2D eigenvalue weighted by Gasteiger charge is 2.27. The molecule has 3 heterocycles. The maximum Gasteiger partial charge on any atom is 0.231 e. The highest BCUT2D eigenvalue weighted by Crippen LogP contribution is 2.34. The summed E-state index contributed by atoms with van der Waals surface area (Å²) in [6.45, 7) is 2.33. The number of hydrogen-bond acceptors (Lipinski definition) is 7. The lowest BCUT2D eigenvalue weighted by Crippen LogP contribution is -2.42. The third kappa shape index (κ3) is 3.75. The molecule has 5 rings (SSSR count). The summed E-state index contributed by atoms with van der Waals surface area (Å²) >= 11 is 1.65. The van der Waals surface area contributed by atoms with Crippen LogP contribution >= 0.6 is 11.3 Å². The molecule has 1 N–H and O–H groups in total. The highest BCUT2D eigenvalue weighted by atomic mass is 32.1. The third-order valence-electron chi connectivity index (χ3n) is 5.55. The minimum absolute atomic E-state index is 0.0469. The predicted molar refractivity (Wildman–Crippen MR) is 116 cm³/mol. The number of fused-ring (bicyclic) bond motifs is 2. The molecule has 8 heteroatoms. The molecule has 2 aromatic carbocycles. The van der Waals surface area contributed by atoms with E-state index in [4.69, 9.17) is 19.2 Å². The quantitative estimate of drug-likeness (QED) is 0.674. The predicted octanol–water partition coefficient (Wildman–Crippen LogP) is 3.57. The summed E-state index contributed by atoms with van der Waals surface area (Å²) < 4.78 is 17.2. The molecule has 3 aromatic rings. The van der Waals surface area contributed by atoms with Crippen LogP contribution in [-0.4, -0.2) is 37.9 Å². The monoisotopic (exact) mass is 425 g/mol. The Labute approximate surface area is 178 Å². The van der Waals surface area contributed by atoms with Crippen molar-refractivity contribution in [1.29, 1.82) is 0 Å². The molecule has 1 atom stereocenters. The molecule has 0 spiro atoms. The molecule has 2 aliphatic heterocycles. The Balaban J connectivity index is 1.23. The number of amides is 1. The zero-order valence-corrected chi connectivity index (χ0v) is 17.5. The third-order valence-corrected chi connectivity index (χ3v) is 6.63. The highest BCUT2D eigenvalue weighted by molar-refractivity contribution is 7.22.